The van der Waals surface area contributed by atoms with Crippen LogP contribution in [0.1, 0.15) is 31.0 Å². The van der Waals surface area contributed by atoms with Crippen LogP contribution in [0.2, 0.25) is 0 Å². The molecule has 1 fully saturated rings. The van der Waals surface area contributed by atoms with E-state index in [1.54, 1.807) is 0 Å². The third kappa shape index (κ3) is 5.39. The van der Waals surface area contributed by atoms with Gasteiger partial charge in [-0.1, -0.05) is 12.1 Å². The third-order valence-electron chi connectivity index (χ3n) is 4.65. The summed E-state index contributed by atoms with van der Waals surface area (Å²) in [4.78, 5) is 14.5. The highest BCUT2D eigenvalue weighted by atomic mass is 19.1. The topological polar surface area (TPSA) is 41.6 Å². The molecule has 1 saturated heterocycles. The van der Waals surface area contributed by atoms with Crippen molar-refractivity contribution in [2.45, 2.75) is 26.0 Å². The van der Waals surface area contributed by atoms with Crippen LogP contribution in [-0.2, 0) is 9.53 Å². The van der Waals surface area contributed by atoms with Crippen LogP contribution >= 0.6 is 0 Å². The van der Waals surface area contributed by atoms with Gasteiger partial charge in [-0.2, -0.15) is 0 Å². The van der Waals surface area contributed by atoms with Crippen LogP contribution in [0, 0.1) is 11.6 Å². The number of rotatable bonds is 5. The van der Waals surface area contributed by atoms with Gasteiger partial charge in [-0.3, -0.25) is 4.79 Å². The summed E-state index contributed by atoms with van der Waals surface area (Å²) >= 11 is 0. The minimum atomic E-state index is -0.678. The number of amides is 1. The standard InChI is InChI=1S/C22H24F2N2O2/c1-15-14-26(8-9-28-15)21-5-3-4-18(12-21)16(2)25-22(27)7-6-17-10-19(23)13-20(24)11-17/h3-7,10-13,15-16H,8-9,14H2,1-2H3,(H,25,27)/b7-6+/t15?,16-/m1/s1. The summed E-state index contributed by atoms with van der Waals surface area (Å²) in [6, 6.07) is 11.0. The lowest BCUT2D eigenvalue weighted by atomic mass is 10.1. The fourth-order valence-electron chi connectivity index (χ4n) is 3.23. The van der Waals surface area contributed by atoms with Crippen LogP contribution < -0.4 is 10.2 Å². The summed E-state index contributed by atoms with van der Waals surface area (Å²) < 4.78 is 32.0. The molecule has 148 valence electrons. The molecule has 0 aromatic heterocycles. The first-order valence-electron chi connectivity index (χ1n) is 9.32. The number of carbonyl (C=O) groups is 1. The molecule has 0 radical (unpaired) electrons. The van der Waals surface area contributed by atoms with E-state index in [0.717, 1.165) is 30.4 Å². The summed E-state index contributed by atoms with van der Waals surface area (Å²) in [5, 5.41) is 2.88. The van der Waals surface area contributed by atoms with E-state index in [2.05, 4.69) is 29.3 Å². The van der Waals surface area contributed by atoms with Crippen molar-refractivity contribution in [3.8, 4) is 0 Å². The van der Waals surface area contributed by atoms with Gasteiger partial charge in [0.2, 0.25) is 5.91 Å². The number of hydrogen-bond acceptors (Lipinski definition) is 3. The average molecular weight is 386 g/mol. The van der Waals surface area contributed by atoms with Gasteiger partial charge in [-0.05, 0) is 55.3 Å². The summed E-state index contributed by atoms with van der Waals surface area (Å²) in [6.07, 6.45) is 2.85. The molecule has 0 spiro atoms. The maximum absolute atomic E-state index is 13.2. The van der Waals surface area contributed by atoms with Crippen molar-refractivity contribution in [1.82, 2.24) is 5.32 Å². The second-order valence-corrected chi connectivity index (χ2v) is 6.99. The van der Waals surface area contributed by atoms with E-state index >= 15 is 0 Å². The first-order valence-corrected chi connectivity index (χ1v) is 9.32. The van der Waals surface area contributed by atoms with Gasteiger partial charge in [0.05, 0.1) is 18.8 Å². The second-order valence-electron chi connectivity index (χ2n) is 6.99. The molecule has 2 atom stereocenters. The van der Waals surface area contributed by atoms with E-state index in [0.29, 0.717) is 12.2 Å². The van der Waals surface area contributed by atoms with Crippen LogP contribution in [-0.4, -0.2) is 31.7 Å². The predicted octanol–water partition coefficient (Wildman–Crippen LogP) is 4.08. The molecule has 1 aliphatic heterocycles. The number of morpholine rings is 1. The first-order chi connectivity index (χ1) is 13.4. The molecule has 1 amide bonds. The molecule has 0 saturated carbocycles. The van der Waals surface area contributed by atoms with Crippen LogP contribution in [0.15, 0.2) is 48.5 Å². The fourth-order valence-corrected chi connectivity index (χ4v) is 3.23. The SMILES string of the molecule is CC1CN(c2cccc([C@@H](C)NC(=O)/C=C/c3cc(F)cc(F)c3)c2)CCO1. The molecule has 2 aromatic rings. The lowest BCUT2D eigenvalue weighted by molar-refractivity contribution is -0.117. The van der Waals surface area contributed by atoms with Crippen molar-refractivity contribution in [2.24, 2.45) is 0 Å². The third-order valence-corrected chi connectivity index (χ3v) is 4.65. The number of carbonyl (C=O) groups excluding carboxylic acids is 1. The summed E-state index contributed by atoms with van der Waals surface area (Å²) in [6.45, 7) is 6.31. The van der Waals surface area contributed by atoms with E-state index in [1.807, 2.05) is 19.1 Å². The first kappa shape index (κ1) is 20.0. The molecule has 28 heavy (non-hydrogen) atoms. The van der Waals surface area contributed by atoms with Crippen molar-refractivity contribution < 1.29 is 18.3 Å². The van der Waals surface area contributed by atoms with Crippen LogP contribution in [0.25, 0.3) is 6.08 Å². The Morgan fingerprint density at radius 2 is 2.00 bits per heavy atom. The zero-order chi connectivity index (χ0) is 20.1. The Kier molecular flexibility index (Phi) is 6.41. The van der Waals surface area contributed by atoms with E-state index in [-0.39, 0.29) is 18.1 Å². The summed E-state index contributed by atoms with van der Waals surface area (Å²) in [5.41, 5.74) is 2.37. The van der Waals surface area contributed by atoms with Gasteiger partial charge < -0.3 is 15.0 Å². The molecule has 0 bridgehead atoms. The van der Waals surface area contributed by atoms with E-state index in [4.69, 9.17) is 4.74 Å². The minimum Gasteiger partial charge on any atom is -0.375 e. The van der Waals surface area contributed by atoms with E-state index in [9.17, 15) is 13.6 Å². The monoisotopic (exact) mass is 386 g/mol. The van der Waals surface area contributed by atoms with Gasteiger partial charge in [-0.15, -0.1) is 0 Å². The van der Waals surface area contributed by atoms with Crippen molar-refractivity contribution in [3.05, 3.63) is 71.3 Å². The van der Waals surface area contributed by atoms with Gasteiger partial charge in [0, 0.05) is 30.9 Å². The van der Waals surface area contributed by atoms with Gasteiger partial charge in [0.1, 0.15) is 11.6 Å². The normalized spacial score (nSPS) is 18.3. The van der Waals surface area contributed by atoms with E-state index in [1.165, 1.54) is 24.3 Å². The van der Waals surface area contributed by atoms with Crippen molar-refractivity contribution >= 4 is 17.7 Å². The zero-order valence-electron chi connectivity index (χ0n) is 16.0. The van der Waals surface area contributed by atoms with Gasteiger partial charge >= 0.3 is 0 Å². The van der Waals surface area contributed by atoms with Crippen molar-refractivity contribution in [1.29, 1.82) is 0 Å². The number of nitrogens with zero attached hydrogens (tertiary/aromatic N) is 1. The van der Waals surface area contributed by atoms with Gasteiger partial charge in [-0.25, -0.2) is 8.78 Å². The largest absolute Gasteiger partial charge is 0.375 e. The predicted molar refractivity (Wildman–Crippen MR) is 106 cm³/mol. The summed E-state index contributed by atoms with van der Waals surface area (Å²) in [7, 11) is 0. The number of ether oxygens (including phenoxy) is 1. The molecule has 2 aromatic carbocycles. The maximum atomic E-state index is 13.2. The highest BCUT2D eigenvalue weighted by Crippen LogP contribution is 2.22. The lowest BCUT2D eigenvalue weighted by Gasteiger charge is -2.33. The van der Waals surface area contributed by atoms with Crippen LogP contribution in [0.3, 0.4) is 0 Å². The Hall–Kier alpha value is -2.73. The Balaban J connectivity index is 1.63. The van der Waals surface area contributed by atoms with Crippen LogP contribution in [0.4, 0.5) is 14.5 Å². The quantitative estimate of drug-likeness (QED) is 0.788. The Bertz CT molecular complexity index is 849. The molecule has 0 aliphatic carbocycles. The van der Waals surface area contributed by atoms with E-state index < -0.39 is 11.6 Å². The van der Waals surface area contributed by atoms with Gasteiger partial charge in [0.15, 0.2) is 0 Å². The number of benzene rings is 2. The summed E-state index contributed by atoms with van der Waals surface area (Å²) in [5.74, 6) is -1.69. The smallest absolute Gasteiger partial charge is 0.244 e. The van der Waals surface area contributed by atoms with Gasteiger partial charge in [0.25, 0.3) is 0 Å². The molecular weight excluding hydrogens is 362 g/mol. The second kappa shape index (κ2) is 8.97. The number of halogens is 2. The van der Waals surface area contributed by atoms with Crippen LogP contribution in [0.5, 0.6) is 0 Å². The minimum absolute atomic E-state index is 0.187. The number of nitrogens with one attached hydrogen (secondary N) is 1. The molecule has 3 rings (SSSR count). The Morgan fingerprint density at radius 3 is 2.71 bits per heavy atom. The molecule has 1 aliphatic rings. The molecule has 1 N–H and O–H groups in total. The number of anilines is 1. The zero-order valence-corrected chi connectivity index (χ0v) is 16.0. The lowest BCUT2D eigenvalue weighted by Crippen LogP contribution is -2.41. The van der Waals surface area contributed by atoms with Crippen molar-refractivity contribution in [3.63, 3.8) is 0 Å². The Morgan fingerprint density at radius 1 is 1.25 bits per heavy atom. The molecule has 6 heteroatoms. The number of hydrogen-bond donors (Lipinski definition) is 1. The maximum Gasteiger partial charge on any atom is 0.244 e. The molecule has 4 nitrogen and oxygen atoms in total. The van der Waals surface area contributed by atoms with Crippen molar-refractivity contribution in [2.75, 3.05) is 24.6 Å². The average Bonchev–Trinajstić information content (AvgIpc) is 2.66. The Labute approximate surface area is 163 Å². The molecule has 1 unspecified atom stereocenters. The fraction of sp³-hybridized carbons (Fsp3) is 0.318. The molecule has 1 heterocycles. The highest BCUT2D eigenvalue weighted by molar-refractivity contribution is 5.92. The molecular formula is C22H24F2N2O2. The highest BCUT2D eigenvalue weighted by Gasteiger charge is 2.18.